The molecule has 1 aliphatic carbocycles. The lowest BCUT2D eigenvalue weighted by Crippen LogP contribution is -2.23. The van der Waals surface area contributed by atoms with Crippen LogP contribution >= 0.6 is 0 Å². The van der Waals surface area contributed by atoms with E-state index in [2.05, 4.69) is 9.88 Å². The molecule has 1 aromatic rings. The SMILES string of the molecule is Nc1cc(C(=O)O)c(N2CC3CCCC3C2)cn1. The summed E-state index contributed by atoms with van der Waals surface area (Å²) in [5.41, 5.74) is 6.54. The van der Waals surface area contributed by atoms with Crippen LogP contribution in [0.15, 0.2) is 12.3 Å². The van der Waals surface area contributed by atoms with Gasteiger partial charge in [0.1, 0.15) is 5.82 Å². The third kappa shape index (κ3) is 1.79. The maximum atomic E-state index is 11.3. The first-order valence-corrected chi connectivity index (χ1v) is 6.39. The molecule has 5 nitrogen and oxygen atoms in total. The van der Waals surface area contributed by atoms with Gasteiger partial charge in [0.2, 0.25) is 0 Å². The summed E-state index contributed by atoms with van der Waals surface area (Å²) >= 11 is 0. The molecule has 2 fully saturated rings. The van der Waals surface area contributed by atoms with Gasteiger partial charge in [0.25, 0.3) is 0 Å². The van der Waals surface area contributed by atoms with Gasteiger partial charge in [-0.2, -0.15) is 0 Å². The van der Waals surface area contributed by atoms with Gasteiger partial charge in [-0.3, -0.25) is 0 Å². The predicted octanol–water partition coefficient (Wildman–Crippen LogP) is 1.60. The van der Waals surface area contributed by atoms with Gasteiger partial charge in [-0.1, -0.05) is 6.42 Å². The molecule has 1 saturated carbocycles. The van der Waals surface area contributed by atoms with Crippen LogP contribution in [0.2, 0.25) is 0 Å². The number of nitrogens with zero attached hydrogens (tertiary/aromatic N) is 2. The minimum Gasteiger partial charge on any atom is -0.478 e. The van der Waals surface area contributed by atoms with E-state index >= 15 is 0 Å². The van der Waals surface area contributed by atoms with Gasteiger partial charge >= 0.3 is 5.97 Å². The van der Waals surface area contributed by atoms with Crippen molar-refractivity contribution < 1.29 is 9.90 Å². The maximum absolute atomic E-state index is 11.3. The Morgan fingerprint density at radius 3 is 2.67 bits per heavy atom. The zero-order valence-corrected chi connectivity index (χ0v) is 10.2. The molecule has 96 valence electrons. The smallest absolute Gasteiger partial charge is 0.338 e. The normalized spacial score (nSPS) is 26.3. The van der Waals surface area contributed by atoms with E-state index in [1.54, 1.807) is 6.20 Å². The number of nitrogen functional groups attached to an aromatic ring is 1. The van der Waals surface area contributed by atoms with E-state index in [9.17, 15) is 9.90 Å². The number of hydrogen-bond donors (Lipinski definition) is 2. The number of nitrogens with two attached hydrogens (primary N) is 1. The lowest BCUT2D eigenvalue weighted by atomic mass is 10.0. The fourth-order valence-electron chi connectivity index (χ4n) is 3.32. The molecule has 1 aromatic heterocycles. The number of aromatic carboxylic acids is 1. The van der Waals surface area contributed by atoms with Crippen molar-refractivity contribution in [1.29, 1.82) is 0 Å². The van der Waals surface area contributed by atoms with Crippen LogP contribution in [0.3, 0.4) is 0 Å². The second-order valence-electron chi connectivity index (χ2n) is 5.29. The number of carboxylic acids is 1. The van der Waals surface area contributed by atoms with Crippen molar-refractivity contribution in [2.75, 3.05) is 23.7 Å². The quantitative estimate of drug-likeness (QED) is 0.829. The van der Waals surface area contributed by atoms with Gasteiger partial charge in [0.15, 0.2) is 0 Å². The van der Waals surface area contributed by atoms with Crippen LogP contribution < -0.4 is 10.6 Å². The van der Waals surface area contributed by atoms with Crippen LogP contribution in [-0.4, -0.2) is 29.1 Å². The molecule has 0 radical (unpaired) electrons. The number of anilines is 2. The first-order chi connectivity index (χ1) is 8.65. The molecule has 5 heteroatoms. The second kappa shape index (κ2) is 4.15. The van der Waals surface area contributed by atoms with Crippen molar-refractivity contribution in [3.05, 3.63) is 17.8 Å². The van der Waals surface area contributed by atoms with Gasteiger partial charge in [0, 0.05) is 13.1 Å². The summed E-state index contributed by atoms with van der Waals surface area (Å²) in [7, 11) is 0. The highest BCUT2D eigenvalue weighted by Crippen LogP contribution is 2.40. The summed E-state index contributed by atoms with van der Waals surface area (Å²) in [4.78, 5) is 17.5. The minimum absolute atomic E-state index is 0.260. The molecule has 2 aliphatic rings. The molecular weight excluding hydrogens is 230 g/mol. The zero-order chi connectivity index (χ0) is 12.7. The Labute approximate surface area is 106 Å². The minimum atomic E-state index is -0.934. The maximum Gasteiger partial charge on any atom is 0.338 e. The van der Waals surface area contributed by atoms with Crippen molar-refractivity contribution in [3.63, 3.8) is 0 Å². The summed E-state index contributed by atoms with van der Waals surface area (Å²) in [6.07, 6.45) is 5.45. The summed E-state index contributed by atoms with van der Waals surface area (Å²) in [6.45, 7) is 1.91. The molecule has 1 aliphatic heterocycles. The Morgan fingerprint density at radius 1 is 1.39 bits per heavy atom. The monoisotopic (exact) mass is 247 g/mol. The molecule has 3 N–H and O–H groups in total. The Hall–Kier alpha value is -1.78. The molecular formula is C13H17N3O2. The highest BCUT2D eigenvalue weighted by molar-refractivity contribution is 5.95. The first kappa shape index (κ1) is 11.3. The Kier molecular flexibility index (Phi) is 2.61. The zero-order valence-electron chi connectivity index (χ0n) is 10.2. The van der Waals surface area contributed by atoms with Crippen molar-refractivity contribution >= 4 is 17.5 Å². The van der Waals surface area contributed by atoms with Gasteiger partial charge in [-0.15, -0.1) is 0 Å². The highest BCUT2D eigenvalue weighted by atomic mass is 16.4. The lowest BCUT2D eigenvalue weighted by molar-refractivity contribution is 0.0697. The molecule has 2 heterocycles. The highest BCUT2D eigenvalue weighted by Gasteiger charge is 2.37. The average Bonchev–Trinajstić information content (AvgIpc) is 2.88. The van der Waals surface area contributed by atoms with E-state index in [1.807, 2.05) is 0 Å². The molecule has 0 bridgehead atoms. The molecule has 1 saturated heterocycles. The van der Waals surface area contributed by atoms with Crippen molar-refractivity contribution in [2.45, 2.75) is 19.3 Å². The third-order valence-corrected chi connectivity index (χ3v) is 4.20. The van der Waals surface area contributed by atoms with Crippen molar-refractivity contribution in [2.24, 2.45) is 11.8 Å². The van der Waals surface area contributed by atoms with Crippen LogP contribution in [0, 0.1) is 11.8 Å². The Balaban J connectivity index is 1.90. The van der Waals surface area contributed by atoms with Crippen molar-refractivity contribution in [1.82, 2.24) is 4.98 Å². The fraction of sp³-hybridized carbons (Fsp3) is 0.538. The fourth-order valence-corrected chi connectivity index (χ4v) is 3.32. The van der Waals surface area contributed by atoms with E-state index in [4.69, 9.17) is 5.73 Å². The number of hydrogen-bond acceptors (Lipinski definition) is 4. The van der Waals surface area contributed by atoms with Crippen molar-refractivity contribution in [3.8, 4) is 0 Å². The Bertz CT molecular complexity index is 477. The summed E-state index contributed by atoms with van der Waals surface area (Å²) < 4.78 is 0. The standard InChI is InChI=1S/C13H17N3O2/c14-12-4-10(13(17)18)11(5-15-12)16-6-8-2-1-3-9(8)7-16/h4-5,8-9H,1-3,6-7H2,(H2,14,15)(H,17,18). The van der Waals surface area contributed by atoms with E-state index in [0.29, 0.717) is 5.69 Å². The Morgan fingerprint density at radius 2 is 2.06 bits per heavy atom. The largest absolute Gasteiger partial charge is 0.478 e. The molecule has 2 atom stereocenters. The van der Waals surface area contributed by atoms with E-state index in [0.717, 1.165) is 24.9 Å². The lowest BCUT2D eigenvalue weighted by Gasteiger charge is -2.21. The number of carboxylic acid groups (broad SMARTS) is 1. The number of rotatable bonds is 2. The molecule has 0 spiro atoms. The van der Waals surface area contributed by atoms with E-state index in [1.165, 1.54) is 25.3 Å². The van der Waals surface area contributed by atoms with Gasteiger partial charge < -0.3 is 15.7 Å². The summed E-state index contributed by atoms with van der Waals surface area (Å²) in [5, 5.41) is 9.24. The van der Waals surface area contributed by atoms with E-state index < -0.39 is 5.97 Å². The number of fused-ring (bicyclic) bond motifs is 1. The number of pyridine rings is 1. The second-order valence-corrected chi connectivity index (χ2v) is 5.29. The van der Waals surface area contributed by atoms with E-state index in [-0.39, 0.29) is 11.4 Å². The summed E-state index contributed by atoms with van der Waals surface area (Å²) in [5.74, 6) is 0.778. The van der Waals surface area contributed by atoms with Crippen LogP contribution in [0.1, 0.15) is 29.6 Å². The average molecular weight is 247 g/mol. The van der Waals surface area contributed by atoms with Crippen LogP contribution in [0.4, 0.5) is 11.5 Å². The number of carbonyl (C=O) groups is 1. The van der Waals surface area contributed by atoms with Crippen LogP contribution in [0.5, 0.6) is 0 Å². The molecule has 2 unspecified atom stereocenters. The topological polar surface area (TPSA) is 79.5 Å². The van der Waals surface area contributed by atoms with Gasteiger partial charge in [-0.05, 0) is 30.7 Å². The first-order valence-electron chi connectivity index (χ1n) is 6.39. The molecule has 0 aromatic carbocycles. The summed E-state index contributed by atoms with van der Waals surface area (Å²) in [6, 6.07) is 1.45. The third-order valence-electron chi connectivity index (χ3n) is 4.20. The number of aromatic nitrogens is 1. The van der Waals surface area contributed by atoms with Gasteiger partial charge in [-0.25, -0.2) is 9.78 Å². The van der Waals surface area contributed by atoms with Crippen LogP contribution in [0.25, 0.3) is 0 Å². The van der Waals surface area contributed by atoms with Crippen LogP contribution in [-0.2, 0) is 0 Å². The molecule has 3 rings (SSSR count). The molecule has 0 amide bonds. The predicted molar refractivity (Wildman–Crippen MR) is 68.7 cm³/mol. The molecule has 18 heavy (non-hydrogen) atoms. The van der Waals surface area contributed by atoms with Gasteiger partial charge in [0.05, 0.1) is 17.4 Å².